The summed E-state index contributed by atoms with van der Waals surface area (Å²) in [6.07, 6.45) is 3.34. The van der Waals surface area contributed by atoms with Crippen LogP contribution in [0.2, 0.25) is 0 Å². The molecule has 0 aliphatic carbocycles. The van der Waals surface area contributed by atoms with Crippen LogP contribution in [0.4, 0.5) is 5.82 Å². The molecule has 0 aliphatic rings. The third-order valence-corrected chi connectivity index (χ3v) is 5.38. The normalized spacial score (nSPS) is 12.2. The third kappa shape index (κ3) is 4.24. The van der Waals surface area contributed by atoms with Gasteiger partial charge in [0.25, 0.3) is 5.91 Å². The molecule has 0 spiro atoms. The van der Waals surface area contributed by atoms with Gasteiger partial charge in [-0.25, -0.2) is 9.97 Å². The molecule has 3 aromatic rings. The highest BCUT2D eigenvalue weighted by molar-refractivity contribution is 7.13. The van der Waals surface area contributed by atoms with E-state index in [0.29, 0.717) is 16.5 Å². The van der Waals surface area contributed by atoms with Crippen LogP contribution in [0, 0.1) is 0 Å². The number of amides is 1. The number of pyridine rings is 1. The van der Waals surface area contributed by atoms with Crippen molar-refractivity contribution in [2.24, 2.45) is 0 Å². The Morgan fingerprint density at radius 3 is 2.37 bits per heavy atom. The van der Waals surface area contributed by atoms with Crippen LogP contribution >= 0.6 is 11.3 Å². The zero-order chi connectivity index (χ0) is 19.8. The fourth-order valence-corrected chi connectivity index (χ4v) is 3.26. The van der Waals surface area contributed by atoms with Crippen LogP contribution in [-0.2, 0) is 10.8 Å². The Morgan fingerprint density at radius 2 is 1.81 bits per heavy atom. The maximum atomic E-state index is 12.8. The summed E-state index contributed by atoms with van der Waals surface area (Å²) < 4.78 is 1.67. The van der Waals surface area contributed by atoms with E-state index in [2.05, 4.69) is 61.9 Å². The number of anilines is 1. The molecule has 0 aliphatic heterocycles. The smallest absolute Gasteiger partial charge is 0.268 e. The molecule has 0 fully saturated rings. The van der Waals surface area contributed by atoms with Crippen LogP contribution in [0.15, 0.2) is 36.7 Å². The van der Waals surface area contributed by atoms with E-state index in [4.69, 9.17) is 0 Å². The summed E-state index contributed by atoms with van der Waals surface area (Å²) in [6, 6.07) is 7.50. The summed E-state index contributed by atoms with van der Waals surface area (Å²) in [5, 5.41) is 8.58. The highest BCUT2D eigenvalue weighted by atomic mass is 32.1. The van der Waals surface area contributed by atoms with Gasteiger partial charge in [-0.2, -0.15) is 9.78 Å². The van der Waals surface area contributed by atoms with E-state index in [1.807, 2.05) is 24.3 Å². The molecule has 3 heterocycles. The van der Waals surface area contributed by atoms with Crippen LogP contribution in [0.1, 0.15) is 61.9 Å². The molecule has 6 nitrogen and oxygen atoms in total. The molecule has 3 aromatic heterocycles. The first-order valence-corrected chi connectivity index (χ1v) is 9.67. The van der Waals surface area contributed by atoms with Gasteiger partial charge in [-0.1, -0.05) is 47.6 Å². The number of thiazole rings is 1. The Labute approximate surface area is 163 Å². The summed E-state index contributed by atoms with van der Waals surface area (Å²) in [7, 11) is 0. The van der Waals surface area contributed by atoms with Crippen LogP contribution in [0.3, 0.4) is 0 Å². The van der Waals surface area contributed by atoms with E-state index in [1.54, 1.807) is 17.1 Å². The highest BCUT2D eigenvalue weighted by Crippen LogP contribution is 2.29. The molecule has 0 unspecified atom stereocenters. The van der Waals surface area contributed by atoms with Gasteiger partial charge in [0.05, 0.1) is 16.9 Å². The molecule has 0 saturated carbocycles. The Kier molecular flexibility index (Phi) is 4.90. The molecule has 142 valence electrons. The summed E-state index contributed by atoms with van der Waals surface area (Å²) in [4.78, 5) is 22.1. The lowest BCUT2D eigenvalue weighted by molar-refractivity contribution is 0.102. The average molecular weight is 384 g/mol. The van der Waals surface area contributed by atoms with Crippen molar-refractivity contribution in [3.8, 4) is 5.82 Å². The Bertz CT molecular complexity index is 945. The number of nitrogens with one attached hydrogen (secondary N) is 1. The van der Waals surface area contributed by atoms with Crippen molar-refractivity contribution in [2.75, 3.05) is 5.32 Å². The van der Waals surface area contributed by atoms with E-state index in [0.717, 1.165) is 10.7 Å². The second kappa shape index (κ2) is 6.88. The summed E-state index contributed by atoms with van der Waals surface area (Å²) in [5.41, 5.74) is 0.644. The Balaban J connectivity index is 1.95. The summed E-state index contributed by atoms with van der Waals surface area (Å²) in [6.45, 7) is 12.5. The topological polar surface area (TPSA) is 72.7 Å². The number of rotatable bonds is 3. The van der Waals surface area contributed by atoms with Gasteiger partial charge in [0.2, 0.25) is 0 Å². The van der Waals surface area contributed by atoms with Gasteiger partial charge in [0, 0.05) is 23.1 Å². The molecule has 27 heavy (non-hydrogen) atoms. The quantitative estimate of drug-likeness (QED) is 0.719. The fraction of sp³-hybridized carbons (Fsp3) is 0.400. The zero-order valence-corrected chi connectivity index (χ0v) is 17.4. The average Bonchev–Trinajstić information content (AvgIpc) is 3.22. The van der Waals surface area contributed by atoms with Crippen molar-refractivity contribution in [3.63, 3.8) is 0 Å². The zero-order valence-electron chi connectivity index (χ0n) is 16.6. The number of carbonyl (C=O) groups excluding carboxylic acids is 1. The van der Waals surface area contributed by atoms with Gasteiger partial charge >= 0.3 is 0 Å². The first-order chi connectivity index (χ1) is 12.6. The summed E-state index contributed by atoms with van der Waals surface area (Å²) in [5.74, 6) is 1.05. The number of aromatic nitrogens is 4. The lowest BCUT2D eigenvalue weighted by Gasteiger charge is -2.13. The monoisotopic (exact) mass is 383 g/mol. The van der Waals surface area contributed by atoms with E-state index >= 15 is 0 Å². The van der Waals surface area contributed by atoms with E-state index in [-0.39, 0.29) is 16.7 Å². The molecular formula is C20H25N5OS. The van der Waals surface area contributed by atoms with Crippen LogP contribution in [0.25, 0.3) is 5.82 Å². The van der Waals surface area contributed by atoms with E-state index in [1.165, 1.54) is 11.3 Å². The largest absolute Gasteiger partial charge is 0.306 e. The van der Waals surface area contributed by atoms with Gasteiger partial charge in [-0.05, 0) is 12.1 Å². The third-order valence-electron chi connectivity index (χ3n) is 3.96. The fourth-order valence-electron chi connectivity index (χ4n) is 2.39. The lowest BCUT2D eigenvalue weighted by Crippen LogP contribution is -2.15. The maximum Gasteiger partial charge on any atom is 0.268 e. The number of hydrogen-bond acceptors (Lipinski definition) is 5. The van der Waals surface area contributed by atoms with Crippen molar-refractivity contribution >= 4 is 23.1 Å². The maximum absolute atomic E-state index is 12.8. The molecule has 0 bridgehead atoms. The minimum atomic E-state index is -0.194. The molecule has 0 saturated heterocycles. The first kappa shape index (κ1) is 19.2. The first-order valence-electron chi connectivity index (χ1n) is 8.85. The van der Waals surface area contributed by atoms with Crippen molar-refractivity contribution in [1.82, 2.24) is 19.7 Å². The molecule has 1 amide bonds. The predicted octanol–water partition coefficient (Wildman–Crippen LogP) is 4.57. The molecule has 1 N–H and O–H groups in total. The number of hydrogen-bond donors (Lipinski definition) is 1. The minimum Gasteiger partial charge on any atom is -0.306 e. The minimum absolute atomic E-state index is 0.0850. The van der Waals surface area contributed by atoms with E-state index in [9.17, 15) is 4.79 Å². The lowest BCUT2D eigenvalue weighted by atomic mass is 9.92. The van der Waals surface area contributed by atoms with Gasteiger partial charge < -0.3 is 5.32 Å². The standard InChI is InChI=1S/C20H25N5OS/c1-19(2,3)14-11-16(25(24-14)15-9-7-8-10-21-15)23-17(26)13-12-22-18(27-13)20(4,5)6/h7-12H,1-6H3,(H,23,26). The van der Waals surface area contributed by atoms with Gasteiger partial charge in [0.15, 0.2) is 5.82 Å². The van der Waals surface area contributed by atoms with Crippen LogP contribution < -0.4 is 5.32 Å². The molecule has 7 heteroatoms. The Hall–Kier alpha value is -2.54. The Morgan fingerprint density at radius 1 is 1.07 bits per heavy atom. The predicted molar refractivity (Wildman–Crippen MR) is 109 cm³/mol. The van der Waals surface area contributed by atoms with Gasteiger partial charge in [0.1, 0.15) is 10.7 Å². The number of carbonyl (C=O) groups is 1. The van der Waals surface area contributed by atoms with Crippen LogP contribution in [-0.4, -0.2) is 25.7 Å². The molecule has 0 radical (unpaired) electrons. The number of nitrogens with zero attached hydrogens (tertiary/aromatic N) is 4. The molecule has 0 aromatic carbocycles. The van der Waals surface area contributed by atoms with Crippen molar-refractivity contribution in [2.45, 2.75) is 52.4 Å². The van der Waals surface area contributed by atoms with Crippen LogP contribution in [0.5, 0.6) is 0 Å². The second-order valence-electron chi connectivity index (χ2n) is 8.50. The molecular weight excluding hydrogens is 358 g/mol. The molecule has 0 atom stereocenters. The van der Waals surface area contributed by atoms with Crippen molar-refractivity contribution in [1.29, 1.82) is 0 Å². The SMILES string of the molecule is CC(C)(C)c1cc(NC(=O)c2cnc(C(C)(C)C)s2)n(-c2ccccn2)n1. The summed E-state index contributed by atoms with van der Waals surface area (Å²) >= 11 is 1.41. The molecule has 3 rings (SSSR count). The second-order valence-corrected chi connectivity index (χ2v) is 9.53. The van der Waals surface area contributed by atoms with E-state index < -0.39 is 0 Å². The highest BCUT2D eigenvalue weighted by Gasteiger charge is 2.24. The van der Waals surface area contributed by atoms with Crippen molar-refractivity contribution < 1.29 is 4.79 Å². The van der Waals surface area contributed by atoms with Gasteiger partial charge in [-0.3, -0.25) is 4.79 Å². The van der Waals surface area contributed by atoms with Gasteiger partial charge in [-0.15, -0.1) is 11.3 Å². The van der Waals surface area contributed by atoms with Crippen molar-refractivity contribution in [3.05, 3.63) is 52.2 Å².